The zero-order chi connectivity index (χ0) is 13.6. The minimum atomic E-state index is -2.85. The molecule has 0 aliphatic carbocycles. The molecule has 0 saturated heterocycles. The highest BCUT2D eigenvalue weighted by Crippen LogP contribution is 2.13. The Hall–Kier alpha value is -0.870. The van der Waals surface area contributed by atoms with Crippen LogP contribution >= 0.6 is 0 Å². The average Bonchev–Trinajstić information content (AvgIpc) is 2.33. The van der Waals surface area contributed by atoms with E-state index in [-0.39, 0.29) is 11.8 Å². The molecular formula is C14H23NO2S. The summed E-state index contributed by atoms with van der Waals surface area (Å²) >= 11 is 0. The van der Waals surface area contributed by atoms with Gasteiger partial charge in [0, 0.05) is 18.8 Å². The van der Waals surface area contributed by atoms with Gasteiger partial charge < -0.3 is 5.32 Å². The van der Waals surface area contributed by atoms with E-state index in [4.69, 9.17) is 0 Å². The van der Waals surface area contributed by atoms with E-state index in [1.165, 1.54) is 11.8 Å². The fourth-order valence-electron chi connectivity index (χ4n) is 1.77. The Morgan fingerprint density at radius 1 is 1.17 bits per heavy atom. The molecule has 1 aromatic rings. The first-order valence-electron chi connectivity index (χ1n) is 6.34. The zero-order valence-corrected chi connectivity index (χ0v) is 12.2. The molecule has 0 fully saturated rings. The molecule has 1 aromatic carbocycles. The van der Waals surface area contributed by atoms with E-state index in [1.54, 1.807) is 0 Å². The van der Waals surface area contributed by atoms with Crippen molar-refractivity contribution in [3.8, 4) is 0 Å². The maximum absolute atomic E-state index is 11.1. The van der Waals surface area contributed by atoms with Gasteiger partial charge in [-0.3, -0.25) is 0 Å². The molecule has 0 spiro atoms. The first-order chi connectivity index (χ1) is 8.38. The molecule has 1 N–H and O–H groups in total. The second-order valence-corrected chi connectivity index (χ2v) is 7.30. The molecule has 0 aromatic heterocycles. The van der Waals surface area contributed by atoms with Gasteiger partial charge in [0.15, 0.2) is 0 Å². The molecule has 1 rings (SSSR count). The van der Waals surface area contributed by atoms with Crippen molar-refractivity contribution in [2.45, 2.75) is 32.2 Å². The van der Waals surface area contributed by atoms with Crippen molar-refractivity contribution in [1.29, 1.82) is 0 Å². The minimum absolute atomic E-state index is 0.228. The fraction of sp³-hybridized carbons (Fsp3) is 0.571. The van der Waals surface area contributed by atoms with E-state index in [9.17, 15) is 8.42 Å². The third-order valence-electron chi connectivity index (χ3n) is 3.06. The maximum Gasteiger partial charge on any atom is 0.147 e. The lowest BCUT2D eigenvalue weighted by molar-refractivity contribution is 0.504. The molecule has 3 nitrogen and oxygen atoms in total. The smallest absolute Gasteiger partial charge is 0.147 e. The van der Waals surface area contributed by atoms with Gasteiger partial charge in [-0.2, -0.15) is 0 Å². The molecule has 0 amide bonds. The third-order valence-corrected chi connectivity index (χ3v) is 4.04. The lowest BCUT2D eigenvalue weighted by Crippen LogP contribution is -2.31. The average molecular weight is 269 g/mol. The third kappa shape index (κ3) is 6.17. The van der Waals surface area contributed by atoms with E-state index in [0.717, 1.165) is 6.54 Å². The van der Waals surface area contributed by atoms with Gasteiger partial charge in [-0.15, -0.1) is 0 Å². The molecule has 0 saturated carbocycles. The van der Waals surface area contributed by atoms with Crippen LogP contribution in [0.2, 0.25) is 0 Å². The van der Waals surface area contributed by atoms with Gasteiger partial charge in [0.25, 0.3) is 0 Å². The highest BCUT2D eigenvalue weighted by atomic mass is 32.2. The first-order valence-corrected chi connectivity index (χ1v) is 8.40. The van der Waals surface area contributed by atoms with E-state index < -0.39 is 9.84 Å². The molecule has 0 bridgehead atoms. The Morgan fingerprint density at radius 3 is 2.33 bits per heavy atom. The highest BCUT2D eigenvalue weighted by Gasteiger charge is 2.10. The van der Waals surface area contributed by atoms with Crippen molar-refractivity contribution in [1.82, 2.24) is 5.32 Å². The predicted octanol–water partition coefficient (Wildman–Crippen LogP) is 2.20. The van der Waals surface area contributed by atoms with Crippen molar-refractivity contribution >= 4 is 9.84 Å². The molecule has 2 atom stereocenters. The van der Waals surface area contributed by atoms with Gasteiger partial charge in [0.1, 0.15) is 9.84 Å². The number of sulfone groups is 1. The first kappa shape index (κ1) is 15.2. The number of rotatable bonds is 7. The Kier molecular flexibility index (Phi) is 5.82. The summed E-state index contributed by atoms with van der Waals surface area (Å²) in [5.41, 5.74) is 1.31. The van der Waals surface area contributed by atoms with E-state index in [0.29, 0.717) is 12.3 Å². The summed E-state index contributed by atoms with van der Waals surface area (Å²) in [6.07, 6.45) is 1.95. The van der Waals surface area contributed by atoms with Crippen molar-refractivity contribution < 1.29 is 8.42 Å². The Bertz CT molecular complexity index is 442. The number of nitrogens with one attached hydrogen (secondary N) is 1. The molecule has 0 unspecified atom stereocenters. The van der Waals surface area contributed by atoms with Gasteiger partial charge in [0.05, 0.1) is 5.75 Å². The fourth-order valence-corrected chi connectivity index (χ4v) is 2.55. The number of benzene rings is 1. The maximum atomic E-state index is 11.1. The van der Waals surface area contributed by atoms with Crippen LogP contribution in [0.1, 0.15) is 31.7 Å². The summed E-state index contributed by atoms with van der Waals surface area (Å²) in [5.74, 6) is 0.688. The zero-order valence-electron chi connectivity index (χ0n) is 11.4. The van der Waals surface area contributed by atoms with Gasteiger partial charge >= 0.3 is 0 Å². The summed E-state index contributed by atoms with van der Waals surface area (Å²) in [6, 6.07) is 10.6. The van der Waals surface area contributed by atoms with Crippen molar-refractivity contribution in [3.05, 3.63) is 35.9 Å². The molecule has 18 heavy (non-hydrogen) atoms. The van der Waals surface area contributed by atoms with Crippen LogP contribution < -0.4 is 5.32 Å². The summed E-state index contributed by atoms with van der Waals surface area (Å²) in [4.78, 5) is 0. The van der Waals surface area contributed by atoms with Gasteiger partial charge in [-0.25, -0.2) is 8.42 Å². The minimum Gasteiger partial charge on any atom is -0.314 e. The SMILES string of the molecule is C[C@H](CN[C@@H](C)CCS(C)(=O)=O)c1ccccc1. The van der Waals surface area contributed by atoms with Crippen LogP contribution in [-0.2, 0) is 9.84 Å². The normalized spacial score (nSPS) is 15.3. The molecule has 4 heteroatoms. The summed E-state index contributed by atoms with van der Waals surface area (Å²) in [5, 5.41) is 3.39. The van der Waals surface area contributed by atoms with Crippen LogP contribution in [0.5, 0.6) is 0 Å². The van der Waals surface area contributed by atoms with Crippen molar-refractivity contribution in [2.24, 2.45) is 0 Å². The van der Waals surface area contributed by atoms with E-state index in [2.05, 4.69) is 24.4 Å². The second-order valence-electron chi connectivity index (χ2n) is 5.04. The van der Waals surface area contributed by atoms with Gasteiger partial charge in [0.2, 0.25) is 0 Å². The molecule has 0 heterocycles. The van der Waals surface area contributed by atoms with Crippen molar-refractivity contribution in [3.63, 3.8) is 0 Å². The van der Waals surface area contributed by atoms with Crippen molar-refractivity contribution in [2.75, 3.05) is 18.6 Å². The van der Waals surface area contributed by atoms with Crippen LogP contribution in [0.15, 0.2) is 30.3 Å². The number of hydrogen-bond donors (Lipinski definition) is 1. The number of hydrogen-bond acceptors (Lipinski definition) is 3. The Morgan fingerprint density at radius 2 is 1.78 bits per heavy atom. The van der Waals surface area contributed by atoms with Crippen LogP contribution in [0.4, 0.5) is 0 Å². The quantitative estimate of drug-likeness (QED) is 0.825. The van der Waals surface area contributed by atoms with Crippen LogP contribution in [0.3, 0.4) is 0 Å². The summed E-state index contributed by atoms with van der Waals surface area (Å²) in [6.45, 7) is 5.07. The van der Waals surface area contributed by atoms with Gasteiger partial charge in [-0.05, 0) is 24.8 Å². The topological polar surface area (TPSA) is 46.2 Å². The monoisotopic (exact) mass is 269 g/mol. The largest absolute Gasteiger partial charge is 0.314 e. The molecule has 0 radical (unpaired) electrons. The summed E-state index contributed by atoms with van der Waals surface area (Å²) in [7, 11) is -2.85. The standard InChI is InChI=1S/C14H23NO2S/c1-12(14-7-5-4-6-8-14)11-15-13(2)9-10-18(3,16)17/h4-8,12-13,15H,9-11H2,1-3H3/t12-,13+/m1/s1. The Labute approximate surface area is 111 Å². The van der Waals surface area contributed by atoms with Crippen LogP contribution in [0.25, 0.3) is 0 Å². The van der Waals surface area contributed by atoms with E-state index in [1.807, 2.05) is 25.1 Å². The van der Waals surface area contributed by atoms with Gasteiger partial charge in [-0.1, -0.05) is 37.3 Å². The molecule has 0 aliphatic rings. The van der Waals surface area contributed by atoms with E-state index >= 15 is 0 Å². The van der Waals surface area contributed by atoms with Crippen LogP contribution in [-0.4, -0.2) is 33.0 Å². The molecule has 0 aliphatic heterocycles. The Balaban J connectivity index is 2.32. The predicted molar refractivity (Wildman–Crippen MR) is 76.6 cm³/mol. The lowest BCUT2D eigenvalue weighted by Gasteiger charge is -2.17. The summed E-state index contributed by atoms with van der Waals surface area (Å²) < 4.78 is 22.1. The highest BCUT2D eigenvalue weighted by molar-refractivity contribution is 7.90. The molecule has 102 valence electrons. The molecular weight excluding hydrogens is 246 g/mol. The lowest BCUT2D eigenvalue weighted by atomic mass is 10.0. The second kappa shape index (κ2) is 6.90. The van der Waals surface area contributed by atoms with Crippen LogP contribution in [0, 0.1) is 0 Å².